The predicted octanol–water partition coefficient (Wildman–Crippen LogP) is 2.62. The molecule has 4 unspecified atom stereocenters. The first-order valence-electron chi connectivity index (χ1n) is 7.45. The van der Waals surface area contributed by atoms with E-state index >= 15 is 0 Å². The van der Waals surface area contributed by atoms with Gasteiger partial charge in [-0.05, 0) is 39.2 Å². The van der Waals surface area contributed by atoms with Gasteiger partial charge in [0.15, 0.2) is 0 Å². The molecule has 1 saturated carbocycles. The topological polar surface area (TPSA) is 49.8 Å². The molecular weight excluding hydrogens is 242 g/mol. The molecule has 4 heteroatoms. The van der Waals surface area contributed by atoms with Crippen LogP contribution in [0.4, 0.5) is 0 Å². The fraction of sp³-hybridized carbons (Fsp3) is 0.933. The van der Waals surface area contributed by atoms with Crippen molar-refractivity contribution in [3.05, 3.63) is 0 Å². The monoisotopic (exact) mass is 271 g/mol. The molecule has 4 nitrogen and oxygen atoms in total. The van der Waals surface area contributed by atoms with E-state index in [4.69, 9.17) is 4.74 Å². The van der Waals surface area contributed by atoms with Crippen molar-refractivity contribution in [3.8, 4) is 0 Å². The fourth-order valence-corrected chi connectivity index (χ4v) is 3.29. The zero-order valence-electron chi connectivity index (χ0n) is 12.8. The van der Waals surface area contributed by atoms with Gasteiger partial charge in [-0.25, -0.2) is 0 Å². The number of carboxylic acids is 1. The number of nitrogens with zero attached hydrogens (tertiary/aromatic N) is 1. The van der Waals surface area contributed by atoms with E-state index in [9.17, 15) is 9.90 Å². The lowest BCUT2D eigenvalue weighted by molar-refractivity contribution is -0.146. The molecule has 0 aliphatic heterocycles. The molecule has 0 radical (unpaired) electrons. The quantitative estimate of drug-likeness (QED) is 0.773. The van der Waals surface area contributed by atoms with Crippen LogP contribution in [0.5, 0.6) is 0 Å². The minimum absolute atomic E-state index is 0.144. The third-order valence-corrected chi connectivity index (χ3v) is 4.45. The van der Waals surface area contributed by atoms with Crippen molar-refractivity contribution in [3.63, 3.8) is 0 Å². The first kappa shape index (κ1) is 16.4. The average Bonchev–Trinajstić information content (AvgIpc) is 2.38. The van der Waals surface area contributed by atoms with Crippen molar-refractivity contribution in [1.29, 1.82) is 0 Å². The first-order valence-corrected chi connectivity index (χ1v) is 7.45. The van der Waals surface area contributed by atoms with Gasteiger partial charge >= 0.3 is 5.97 Å². The average molecular weight is 271 g/mol. The SMILES string of the molecule is CCCC1CCC(C(=O)O)C(N(C)CC(C)OC)C1. The Morgan fingerprint density at radius 3 is 2.68 bits per heavy atom. The van der Waals surface area contributed by atoms with Crippen LogP contribution >= 0.6 is 0 Å². The van der Waals surface area contributed by atoms with Gasteiger partial charge in [-0.2, -0.15) is 0 Å². The molecule has 0 aromatic rings. The minimum Gasteiger partial charge on any atom is -0.481 e. The smallest absolute Gasteiger partial charge is 0.308 e. The van der Waals surface area contributed by atoms with Gasteiger partial charge in [0, 0.05) is 19.7 Å². The molecule has 0 spiro atoms. The number of likely N-dealkylation sites (N-methyl/N-ethyl adjacent to an activating group) is 1. The Bertz CT molecular complexity index is 283. The van der Waals surface area contributed by atoms with Crippen molar-refractivity contribution in [2.24, 2.45) is 11.8 Å². The highest BCUT2D eigenvalue weighted by Gasteiger charge is 2.37. The Hall–Kier alpha value is -0.610. The van der Waals surface area contributed by atoms with Crippen LogP contribution in [0.3, 0.4) is 0 Å². The van der Waals surface area contributed by atoms with Crippen LogP contribution in [0.25, 0.3) is 0 Å². The lowest BCUT2D eigenvalue weighted by atomic mass is 9.76. The summed E-state index contributed by atoms with van der Waals surface area (Å²) >= 11 is 0. The molecule has 0 heterocycles. The second kappa shape index (κ2) is 7.85. The van der Waals surface area contributed by atoms with Crippen molar-refractivity contribution in [2.45, 2.75) is 58.1 Å². The molecule has 0 bridgehead atoms. The second-order valence-corrected chi connectivity index (χ2v) is 5.97. The maximum Gasteiger partial charge on any atom is 0.308 e. The molecule has 112 valence electrons. The van der Waals surface area contributed by atoms with Gasteiger partial charge in [-0.3, -0.25) is 9.69 Å². The number of aliphatic carboxylic acids is 1. The van der Waals surface area contributed by atoms with Crippen LogP contribution in [0.1, 0.15) is 46.0 Å². The van der Waals surface area contributed by atoms with Gasteiger partial charge < -0.3 is 9.84 Å². The van der Waals surface area contributed by atoms with E-state index in [0.717, 1.165) is 25.8 Å². The third kappa shape index (κ3) is 4.77. The first-order chi connectivity index (χ1) is 8.99. The van der Waals surface area contributed by atoms with Crippen LogP contribution in [0.2, 0.25) is 0 Å². The highest BCUT2D eigenvalue weighted by Crippen LogP contribution is 2.34. The molecule has 1 aliphatic carbocycles. The van der Waals surface area contributed by atoms with Crippen LogP contribution in [-0.4, -0.2) is 48.8 Å². The molecule has 0 saturated heterocycles. The lowest BCUT2D eigenvalue weighted by Crippen LogP contribution is -2.47. The number of rotatable bonds is 7. The van der Waals surface area contributed by atoms with Crippen molar-refractivity contribution in [1.82, 2.24) is 4.90 Å². The molecule has 0 aromatic carbocycles. The summed E-state index contributed by atoms with van der Waals surface area (Å²) in [5.74, 6) is -0.176. The number of carbonyl (C=O) groups is 1. The third-order valence-electron chi connectivity index (χ3n) is 4.45. The summed E-state index contributed by atoms with van der Waals surface area (Å²) in [5, 5.41) is 9.41. The lowest BCUT2D eigenvalue weighted by Gasteiger charge is -2.40. The predicted molar refractivity (Wildman–Crippen MR) is 76.3 cm³/mol. The standard InChI is InChI=1S/C15H29NO3/c1-5-6-12-7-8-13(15(17)18)14(9-12)16(3)10-11(2)19-4/h11-14H,5-10H2,1-4H3,(H,17,18). The van der Waals surface area contributed by atoms with Crippen molar-refractivity contribution in [2.75, 3.05) is 20.7 Å². The molecule has 0 aromatic heterocycles. The Morgan fingerprint density at radius 2 is 2.16 bits per heavy atom. The molecule has 4 atom stereocenters. The van der Waals surface area contributed by atoms with Crippen molar-refractivity contribution >= 4 is 5.97 Å². The second-order valence-electron chi connectivity index (χ2n) is 5.97. The Labute approximate surface area is 117 Å². The molecule has 1 rings (SSSR count). The van der Waals surface area contributed by atoms with Gasteiger partial charge in [0.1, 0.15) is 0 Å². The van der Waals surface area contributed by atoms with E-state index < -0.39 is 5.97 Å². The largest absolute Gasteiger partial charge is 0.481 e. The fourth-order valence-electron chi connectivity index (χ4n) is 3.29. The Kier molecular flexibility index (Phi) is 6.80. The zero-order valence-corrected chi connectivity index (χ0v) is 12.8. The molecule has 1 N–H and O–H groups in total. The van der Waals surface area contributed by atoms with E-state index in [2.05, 4.69) is 11.8 Å². The maximum atomic E-state index is 11.4. The Morgan fingerprint density at radius 1 is 1.47 bits per heavy atom. The molecule has 19 heavy (non-hydrogen) atoms. The van der Waals surface area contributed by atoms with Crippen LogP contribution in [-0.2, 0) is 9.53 Å². The summed E-state index contributed by atoms with van der Waals surface area (Å²) in [4.78, 5) is 13.6. The van der Waals surface area contributed by atoms with Crippen molar-refractivity contribution < 1.29 is 14.6 Å². The van der Waals surface area contributed by atoms with Gasteiger partial charge in [-0.15, -0.1) is 0 Å². The maximum absolute atomic E-state index is 11.4. The number of hydrogen-bond donors (Lipinski definition) is 1. The summed E-state index contributed by atoms with van der Waals surface area (Å²) in [6.07, 6.45) is 5.44. The summed E-state index contributed by atoms with van der Waals surface area (Å²) in [5.41, 5.74) is 0. The van der Waals surface area contributed by atoms with Gasteiger partial charge in [0.25, 0.3) is 0 Å². The molecule has 1 fully saturated rings. The van der Waals surface area contributed by atoms with E-state index in [0.29, 0.717) is 5.92 Å². The van der Waals surface area contributed by atoms with Crippen LogP contribution < -0.4 is 0 Å². The summed E-state index contributed by atoms with van der Waals surface area (Å²) < 4.78 is 5.29. The number of carboxylic acid groups (broad SMARTS) is 1. The van der Waals surface area contributed by atoms with Gasteiger partial charge in [0.2, 0.25) is 0 Å². The van der Waals surface area contributed by atoms with E-state index in [1.54, 1.807) is 7.11 Å². The number of methoxy groups -OCH3 is 1. The van der Waals surface area contributed by atoms with E-state index in [1.807, 2.05) is 14.0 Å². The Balaban J connectivity index is 2.67. The number of ether oxygens (including phenoxy) is 1. The summed E-state index contributed by atoms with van der Waals surface area (Å²) in [7, 11) is 3.73. The van der Waals surface area contributed by atoms with Gasteiger partial charge in [0.05, 0.1) is 12.0 Å². The van der Waals surface area contributed by atoms with E-state index in [1.165, 1.54) is 12.8 Å². The zero-order chi connectivity index (χ0) is 14.4. The molecule has 1 aliphatic rings. The minimum atomic E-state index is -0.642. The highest BCUT2D eigenvalue weighted by molar-refractivity contribution is 5.71. The van der Waals surface area contributed by atoms with E-state index in [-0.39, 0.29) is 18.1 Å². The molecule has 0 amide bonds. The highest BCUT2D eigenvalue weighted by atomic mass is 16.5. The molecular formula is C15H29NO3. The van der Waals surface area contributed by atoms with Crippen LogP contribution in [0, 0.1) is 11.8 Å². The summed E-state index contributed by atoms with van der Waals surface area (Å²) in [6, 6.07) is 0.153. The summed E-state index contributed by atoms with van der Waals surface area (Å²) in [6.45, 7) is 5.03. The van der Waals surface area contributed by atoms with Gasteiger partial charge in [-0.1, -0.05) is 19.8 Å². The normalized spacial score (nSPS) is 29.4. The van der Waals surface area contributed by atoms with Crippen LogP contribution in [0.15, 0.2) is 0 Å². The number of hydrogen-bond acceptors (Lipinski definition) is 3.